The number of phenols is 1. The van der Waals surface area contributed by atoms with Crippen molar-refractivity contribution in [2.45, 2.75) is 25.6 Å². The molecule has 4 N–H and O–H groups in total. The summed E-state index contributed by atoms with van der Waals surface area (Å²) in [5, 5.41) is 38.6. The fraction of sp³-hybridized carbons (Fsp3) is 0.538. The summed E-state index contributed by atoms with van der Waals surface area (Å²) in [6, 6.07) is 4.47. The average molecular weight is 256 g/mol. The zero-order valence-electron chi connectivity index (χ0n) is 10.8. The summed E-state index contributed by atoms with van der Waals surface area (Å²) in [7, 11) is 1.42. The molecule has 0 aromatic heterocycles. The van der Waals surface area contributed by atoms with Crippen molar-refractivity contribution in [1.82, 2.24) is 0 Å². The van der Waals surface area contributed by atoms with Gasteiger partial charge in [0, 0.05) is 5.92 Å². The number of aliphatic hydroxyl groups is 3. The summed E-state index contributed by atoms with van der Waals surface area (Å²) in [5.74, 6) is -0.339. The van der Waals surface area contributed by atoms with Crippen LogP contribution in [0.1, 0.15) is 25.5 Å². The zero-order chi connectivity index (χ0) is 13.9. The molecule has 5 nitrogen and oxygen atoms in total. The van der Waals surface area contributed by atoms with Crippen LogP contribution in [-0.4, -0.2) is 39.7 Å². The van der Waals surface area contributed by atoms with E-state index in [1.54, 1.807) is 13.0 Å². The molecular weight excluding hydrogens is 236 g/mol. The first-order valence-corrected chi connectivity index (χ1v) is 5.71. The van der Waals surface area contributed by atoms with E-state index in [1.165, 1.54) is 26.2 Å². The van der Waals surface area contributed by atoms with Gasteiger partial charge in [0.05, 0.1) is 25.4 Å². The van der Waals surface area contributed by atoms with E-state index in [0.717, 1.165) is 0 Å². The van der Waals surface area contributed by atoms with Crippen molar-refractivity contribution in [2.75, 3.05) is 13.7 Å². The standard InChI is InChI=1S/C13H20O5/c1-8(13(2,17)7-14)12(16)9-4-5-10(15)11(6-9)18-3/h4-6,8,12,14-17H,7H2,1-3H3/t8-,12+,13+/m1/s1. The lowest BCUT2D eigenvalue weighted by Gasteiger charge is -2.32. The summed E-state index contributed by atoms with van der Waals surface area (Å²) in [4.78, 5) is 0. The van der Waals surface area contributed by atoms with E-state index in [2.05, 4.69) is 0 Å². The second-order valence-corrected chi connectivity index (χ2v) is 4.68. The number of aromatic hydroxyl groups is 1. The molecule has 102 valence electrons. The van der Waals surface area contributed by atoms with Gasteiger partial charge in [-0.05, 0) is 24.6 Å². The largest absolute Gasteiger partial charge is 0.504 e. The predicted molar refractivity (Wildman–Crippen MR) is 66.5 cm³/mol. The molecule has 0 aliphatic heterocycles. The molecule has 3 atom stereocenters. The first-order valence-electron chi connectivity index (χ1n) is 5.71. The Hall–Kier alpha value is -1.30. The maximum atomic E-state index is 10.2. The summed E-state index contributed by atoms with van der Waals surface area (Å²) in [6.45, 7) is 2.65. The fourth-order valence-electron chi connectivity index (χ4n) is 1.65. The monoisotopic (exact) mass is 256 g/mol. The van der Waals surface area contributed by atoms with Crippen molar-refractivity contribution < 1.29 is 25.2 Å². The Kier molecular flexibility index (Phi) is 4.56. The number of rotatable bonds is 5. The van der Waals surface area contributed by atoms with Crippen LogP contribution < -0.4 is 4.74 Å². The third-order valence-corrected chi connectivity index (χ3v) is 3.32. The Morgan fingerprint density at radius 2 is 2.00 bits per heavy atom. The normalized spacial score (nSPS) is 17.9. The van der Waals surface area contributed by atoms with Gasteiger partial charge in [-0.15, -0.1) is 0 Å². The van der Waals surface area contributed by atoms with E-state index in [1.807, 2.05) is 0 Å². The number of ether oxygens (including phenoxy) is 1. The molecule has 0 aliphatic rings. The second-order valence-electron chi connectivity index (χ2n) is 4.68. The molecule has 0 saturated heterocycles. The predicted octanol–water partition coefficient (Wildman–Crippen LogP) is 0.814. The summed E-state index contributed by atoms with van der Waals surface area (Å²) >= 11 is 0. The van der Waals surface area contributed by atoms with Gasteiger partial charge in [0.2, 0.25) is 0 Å². The number of phenolic OH excluding ortho intramolecular Hbond substituents is 1. The first kappa shape index (κ1) is 14.8. The van der Waals surface area contributed by atoms with Gasteiger partial charge in [0.1, 0.15) is 0 Å². The van der Waals surface area contributed by atoms with Crippen LogP contribution in [0.2, 0.25) is 0 Å². The highest BCUT2D eigenvalue weighted by molar-refractivity contribution is 5.42. The molecule has 0 amide bonds. The number of methoxy groups -OCH3 is 1. The number of benzene rings is 1. The van der Waals surface area contributed by atoms with Gasteiger partial charge in [0.15, 0.2) is 11.5 Å². The number of aliphatic hydroxyl groups excluding tert-OH is 2. The smallest absolute Gasteiger partial charge is 0.160 e. The molecular formula is C13H20O5. The third kappa shape index (κ3) is 2.93. The summed E-state index contributed by atoms with van der Waals surface area (Å²) in [5.41, 5.74) is -0.879. The van der Waals surface area contributed by atoms with E-state index >= 15 is 0 Å². The van der Waals surface area contributed by atoms with Crippen LogP contribution >= 0.6 is 0 Å². The Bertz CT molecular complexity index is 402. The molecule has 0 saturated carbocycles. The lowest BCUT2D eigenvalue weighted by Crippen LogP contribution is -2.40. The Morgan fingerprint density at radius 1 is 1.39 bits per heavy atom. The topological polar surface area (TPSA) is 90.2 Å². The zero-order valence-corrected chi connectivity index (χ0v) is 10.8. The average Bonchev–Trinajstić information content (AvgIpc) is 2.37. The lowest BCUT2D eigenvalue weighted by molar-refractivity contribution is -0.0831. The molecule has 5 heteroatoms. The van der Waals surface area contributed by atoms with Crippen LogP contribution in [0, 0.1) is 5.92 Å². The number of hydrogen-bond acceptors (Lipinski definition) is 5. The molecule has 0 bridgehead atoms. The summed E-state index contributed by atoms with van der Waals surface area (Å²) in [6.07, 6.45) is -0.971. The minimum atomic E-state index is -1.38. The maximum absolute atomic E-state index is 10.2. The molecule has 0 unspecified atom stereocenters. The van der Waals surface area contributed by atoms with Crippen molar-refractivity contribution in [3.8, 4) is 11.5 Å². The Labute approximate surface area is 106 Å². The molecule has 1 aromatic carbocycles. The highest BCUT2D eigenvalue weighted by atomic mass is 16.5. The van der Waals surface area contributed by atoms with Crippen molar-refractivity contribution in [1.29, 1.82) is 0 Å². The quantitative estimate of drug-likeness (QED) is 0.626. The number of hydrogen-bond donors (Lipinski definition) is 4. The lowest BCUT2D eigenvalue weighted by atomic mass is 9.84. The maximum Gasteiger partial charge on any atom is 0.160 e. The minimum Gasteiger partial charge on any atom is -0.504 e. The molecule has 0 heterocycles. The van der Waals surface area contributed by atoms with Crippen molar-refractivity contribution in [2.24, 2.45) is 5.92 Å². The highest BCUT2D eigenvalue weighted by Crippen LogP contribution is 2.34. The van der Waals surface area contributed by atoms with Crippen LogP contribution in [0.5, 0.6) is 11.5 Å². The van der Waals surface area contributed by atoms with Crippen molar-refractivity contribution in [3.63, 3.8) is 0 Å². The highest BCUT2D eigenvalue weighted by Gasteiger charge is 2.33. The van der Waals surface area contributed by atoms with Crippen molar-refractivity contribution in [3.05, 3.63) is 23.8 Å². The van der Waals surface area contributed by atoms with Gasteiger partial charge >= 0.3 is 0 Å². The van der Waals surface area contributed by atoms with E-state index in [4.69, 9.17) is 9.84 Å². The molecule has 0 spiro atoms. The Balaban J connectivity index is 3.00. The van der Waals surface area contributed by atoms with Crippen LogP contribution in [0.3, 0.4) is 0 Å². The SMILES string of the molecule is COc1cc([C@@H](O)[C@@H](C)[C@@](C)(O)CO)ccc1O. The Morgan fingerprint density at radius 3 is 2.50 bits per heavy atom. The van der Waals surface area contributed by atoms with E-state index in [0.29, 0.717) is 5.56 Å². The van der Waals surface area contributed by atoms with Gasteiger partial charge in [-0.2, -0.15) is 0 Å². The van der Waals surface area contributed by atoms with Gasteiger partial charge in [-0.3, -0.25) is 0 Å². The van der Waals surface area contributed by atoms with Gasteiger partial charge in [0.25, 0.3) is 0 Å². The third-order valence-electron chi connectivity index (χ3n) is 3.32. The van der Waals surface area contributed by atoms with Gasteiger partial charge < -0.3 is 25.2 Å². The molecule has 0 radical (unpaired) electrons. The van der Waals surface area contributed by atoms with Gasteiger partial charge in [-0.1, -0.05) is 13.0 Å². The fourth-order valence-corrected chi connectivity index (χ4v) is 1.65. The molecule has 0 aliphatic carbocycles. The van der Waals surface area contributed by atoms with E-state index in [-0.39, 0.29) is 11.5 Å². The van der Waals surface area contributed by atoms with Crippen LogP contribution in [0.25, 0.3) is 0 Å². The molecule has 1 rings (SSSR count). The minimum absolute atomic E-state index is 0.0185. The molecule has 18 heavy (non-hydrogen) atoms. The first-order chi connectivity index (χ1) is 8.33. The van der Waals surface area contributed by atoms with E-state index in [9.17, 15) is 15.3 Å². The second kappa shape index (κ2) is 5.56. The van der Waals surface area contributed by atoms with E-state index < -0.39 is 24.2 Å². The van der Waals surface area contributed by atoms with Crippen LogP contribution in [0.15, 0.2) is 18.2 Å². The van der Waals surface area contributed by atoms with Crippen LogP contribution in [-0.2, 0) is 0 Å². The van der Waals surface area contributed by atoms with Gasteiger partial charge in [-0.25, -0.2) is 0 Å². The van der Waals surface area contributed by atoms with Crippen molar-refractivity contribution >= 4 is 0 Å². The van der Waals surface area contributed by atoms with Crippen LogP contribution in [0.4, 0.5) is 0 Å². The molecule has 1 aromatic rings. The summed E-state index contributed by atoms with van der Waals surface area (Å²) < 4.78 is 4.95. The molecule has 0 fully saturated rings.